The lowest BCUT2D eigenvalue weighted by molar-refractivity contribution is -0.127. The second-order valence-electron chi connectivity index (χ2n) is 4.64. The highest BCUT2D eigenvalue weighted by Gasteiger charge is 2.07. The van der Waals surface area contributed by atoms with Crippen LogP contribution in [0, 0.1) is 0 Å². The zero-order valence-corrected chi connectivity index (χ0v) is 12.5. The average Bonchev–Trinajstić information content (AvgIpc) is 2.50. The van der Waals surface area contributed by atoms with Crippen molar-refractivity contribution in [3.63, 3.8) is 0 Å². The van der Waals surface area contributed by atoms with Gasteiger partial charge in [0.2, 0.25) is 5.91 Å². The number of carbonyl (C=O) groups is 2. The Balaban J connectivity index is 2.13. The van der Waals surface area contributed by atoms with E-state index in [0.29, 0.717) is 12.3 Å². The molecule has 1 aromatic rings. The fourth-order valence-electron chi connectivity index (χ4n) is 1.65. The zero-order valence-electron chi connectivity index (χ0n) is 12.5. The van der Waals surface area contributed by atoms with Crippen LogP contribution in [0.5, 0.6) is 5.75 Å². The number of rotatable bonds is 9. The van der Waals surface area contributed by atoms with Crippen molar-refractivity contribution in [1.29, 1.82) is 0 Å². The van der Waals surface area contributed by atoms with Crippen molar-refractivity contribution < 1.29 is 14.3 Å². The lowest BCUT2D eigenvalue weighted by atomic mass is 10.3. The number of likely N-dealkylation sites (N-methyl/N-ethyl adjacent to an activating group) is 1. The first kappa shape index (κ1) is 17.0. The first-order chi connectivity index (χ1) is 10.1. The third kappa shape index (κ3) is 7.94. The van der Waals surface area contributed by atoms with Crippen molar-refractivity contribution in [3.05, 3.63) is 30.3 Å². The molecule has 0 fully saturated rings. The van der Waals surface area contributed by atoms with E-state index in [1.54, 1.807) is 12.1 Å². The Morgan fingerprint density at radius 1 is 1.14 bits per heavy atom. The standard InChI is InChI=1S/C15H23N3O3/c1-3-16-12(2)9-17-14(19)10-18-15(20)11-21-13-7-5-4-6-8-13/h4-8,12,16H,3,9-11H2,1-2H3,(H,17,19)(H,18,20)/t12-/m1/s1. The molecule has 0 spiro atoms. The van der Waals surface area contributed by atoms with E-state index in [9.17, 15) is 9.59 Å². The molecule has 1 aromatic carbocycles. The average molecular weight is 293 g/mol. The van der Waals surface area contributed by atoms with Crippen molar-refractivity contribution in [1.82, 2.24) is 16.0 Å². The van der Waals surface area contributed by atoms with Gasteiger partial charge in [-0.2, -0.15) is 0 Å². The van der Waals surface area contributed by atoms with Gasteiger partial charge in [0.15, 0.2) is 6.61 Å². The molecule has 0 unspecified atom stereocenters. The van der Waals surface area contributed by atoms with Crippen LogP contribution in [0.3, 0.4) is 0 Å². The van der Waals surface area contributed by atoms with Crippen LogP contribution in [0.4, 0.5) is 0 Å². The van der Waals surface area contributed by atoms with Crippen LogP contribution in [-0.2, 0) is 9.59 Å². The summed E-state index contributed by atoms with van der Waals surface area (Å²) in [5.41, 5.74) is 0. The fraction of sp³-hybridized carbons (Fsp3) is 0.467. The predicted octanol–water partition coefficient (Wildman–Crippen LogP) is 0.296. The highest BCUT2D eigenvalue weighted by Crippen LogP contribution is 2.07. The normalized spacial score (nSPS) is 11.5. The van der Waals surface area contributed by atoms with Crippen molar-refractivity contribution >= 4 is 11.8 Å². The van der Waals surface area contributed by atoms with Gasteiger partial charge >= 0.3 is 0 Å². The van der Waals surface area contributed by atoms with E-state index in [-0.39, 0.29) is 31.0 Å². The second kappa shape index (κ2) is 9.77. The van der Waals surface area contributed by atoms with E-state index < -0.39 is 0 Å². The molecule has 0 radical (unpaired) electrons. The van der Waals surface area contributed by atoms with Crippen LogP contribution in [0.2, 0.25) is 0 Å². The van der Waals surface area contributed by atoms with E-state index in [2.05, 4.69) is 16.0 Å². The smallest absolute Gasteiger partial charge is 0.258 e. The largest absolute Gasteiger partial charge is 0.484 e. The highest BCUT2D eigenvalue weighted by molar-refractivity contribution is 5.85. The fourth-order valence-corrected chi connectivity index (χ4v) is 1.65. The van der Waals surface area contributed by atoms with Gasteiger partial charge in [0.25, 0.3) is 5.91 Å². The van der Waals surface area contributed by atoms with Gasteiger partial charge < -0.3 is 20.7 Å². The van der Waals surface area contributed by atoms with Crippen LogP contribution in [0.15, 0.2) is 30.3 Å². The van der Waals surface area contributed by atoms with Crippen molar-refractivity contribution in [3.8, 4) is 5.75 Å². The molecule has 1 atom stereocenters. The molecular weight excluding hydrogens is 270 g/mol. The maximum Gasteiger partial charge on any atom is 0.258 e. The van der Waals surface area contributed by atoms with Gasteiger partial charge in [-0.3, -0.25) is 9.59 Å². The summed E-state index contributed by atoms with van der Waals surface area (Å²) < 4.78 is 5.28. The molecule has 0 aliphatic rings. The number of nitrogens with one attached hydrogen (secondary N) is 3. The van der Waals surface area contributed by atoms with Crippen molar-refractivity contribution in [2.75, 3.05) is 26.2 Å². The third-order valence-electron chi connectivity index (χ3n) is 2.72. The maximum atomic E-state index is 11.5. The van der Waals surface area contributed by atoms with E-state index in [1.807, 2.05) is 32.0 Å². The molecule has 6 nitrogen and oxygen atoms in total. The Kier molecular flexibility index (Phi) is 7.89. The molecule has 0 aliphatic heterocycles. The number of para-hydroxylation sites is 1. The number of benzene rings is 1. The zero-order chi connectivity index (χ0) is 15.5. The quantitative estimate of drug-likeness (QED) is 0.612. The molecule has 3 N–H and O–H groups in total. The van der Waals surface area contributed by atoms with Crippen molar-refractivity contribution in [2.45, 2.75) is 19.9 Å². The molecule has 1 rings (SSSR count). The summed E-state index contributed by atoms with van der Waals surface area (Å²) in [6.45, 7) is 5.22. The molecule has 116 valence electrons. The second-order valence-corrected chi connectivity index (χ2v) is 4.64. The molecule has 0 aromatic heterocycles. The Labute approximate surface area is 125 Å². The predicted molar refractivity (Wildman–Crippen MR) is 81.1 cm³/mol. The van der Waals surface area contributed by atoms with Gasteiger partial charge in [0.1, 0.15) is 5.75 Å². The first-order valence-electron chi connectivity index (χ1n) is 7.06. The summed E-state index contributed by atoms with van der Waals surface area (Å²) in [4.78, 5) is 23.1. The molecule has 0 saturated heterocycles. The van der Waals surface area contributed by atoms with Gasteiger partial charge in [-0.25, -0.2) is 0 Å². The minimum atomic E-state index is -0.325. The van der Waals surface area contributed by atoms with Crippen molar-refractivity contribution in [2.24, 2.45) is 0 Å². The molecule has 0 bridgehead atoms. The SMILES string of the molecule is CCN[C@H](C)CNC(=O)CNC(=O)COc1ccccc1. The molecule has 0 heterocycles. The summed E-state index contributed by atoms with van der Waals surface area (Å²) >= 11 is 0. The molecule has 0 aliphatic carbocycles. The summed E-state index contributed by atoms with van der Waals surface area (Å²) in [5.74, 6) is 0.0816. The van der Waals surface area contributed by atoms with E-state index in [1.165, 1.54) is 0 Å². The van der Waals surface area contributed by atoms with Crippen LogP contribution >= 0.6 is 0 Å². The lowest BCUT2D eigenvalue weighted by Gasteiger charge is -2.13. The number of hydrogen-bond donors (Lipinski definition) is 3. The Morgan fingerprint density at radius 2 is 1.86 bits per heavy atom. The third-order valence-corrected chi connectivity index (χ3v) is 2.72. The Hall–Kier alpha value is -2.08. The summed E-state index contributed by atoms with van der Waals surface area (Å²) in [6, 6.07) is 9.25. The van der Waals surface area contributed by atoms with Crippen LogP contribution in [0.1, 0.15) is 13.8 Å². The Bertz CT molecular complexity index is 437. The topological polar surface area (TPSA) is 79.5 Å². The number of amides is 2. The summed E-state index contributed by atoms with van der Waals surface area (Å²) in [6.07, 6.45) is 0. The molecule has 21 heavy (non-hydrogen) atoms. The minimum Gasteiger partial charge on any atom is -0.484 e. The van der Waals surface area contributed by atoms with E-state index >= 15 is 0 Å². The number of carbonyl (C=O) groups excluding carboxylic acids is 2. The number of hydrogen-bond acceptors (Lipinski definition) is 4. The van der Waals surface area contributed by atoms with Crippen LogP contribution < -0.4 is 20.7 Å². The molecule has 6 heteroatoms. The summed E-state index contributed by atoms with van der Waals surface area (Å²) in [5, 5.41) is 8.43. The van der Waals surface area contributed by atoms with Crippen LogP contribution in [-0.4, -0.2) is 44.1 Å². The summed E-state index contributed by atoms with van der Waals surface area (Å²) in [7, 11) is 0. The van der Waals surface area contributed by atoms with E-state index in [0.717, 1.165) is 6.54 Å². The number of ether oxygens (including phenoxy) is 1. The molecule has 0 saturated carbocycles. The van der Waals surface area contributed by atoms with Crippen LogP contribution in [0.25, 0.3) is 0 Å². The monoisotopic (exact) mass is 293 g/mol. The molecule has 2 amide bonds. The van der Waals surface area contributed by atoms with Gasteiger partial charge in [-0.15, -0.1) is 0 Å². The maximum absolute atomic E-state index is 11.5. The highest BCUT2D eigenvalue weighted by atomic mass is 16.5. The van der Waals surface area contributed by atoms with Gasteiger partial charge in [-0.1, -0.05) is 25.1 Å². The Morgan fingerprint density at radius 3 is 2.52 bits per heavy atom. The van der Waals surface area contributed by atoms with E-state index in [4.69, 9.17) is 4.74 Å². The molecular formula is C15H23N3O3. The first-order valence-corrected chi connectivity index (χ1v) is 7.06. The minimum absolute atomic E-state index is 0.0458. The van der Waals surface area contributed by atoms with Gasteiger partial charge in [-0.05, 0) is 25.6 Å². The van der Waals surface area contributed by atoms with Gasteiger partial charge in [0.05, 0.1) is 6.54 Å². The van der Waals surface area contributed by atoms with Gasteiger partial charge in [0, 0.05) is 12.6 Å². The lowest BCUT2D eigenvalue weighted by Crippen LogP contribution is -2.43.